The molecule has 2 aromatic carbocycles. The van der Waals surface area contributed by atoms with Crippen LogP contribution in [-0.2, 0) is 4.79 Å². The minimum Gasteiger partial charge on any atom is -0.485 e. The molecule has 5 heteroatoms. The van der Waals surface area contributed by atoms with Crippen LogP contribution in [0, 0.1) is 0 Å². The SMILES string of the molecule is O=C(Nc1cccc2cccnc12)C1COc2ccccc2O1. The van der Waals surface area contributed by atoms with Crippen molar-refractivity contribution in [2.75, 3.05) is 11.9 Å². The van der Waals surface area contributed by atoms with E-state index >= 15 is 0 Å². The summed E-state index contributed by atoms with van der Waals surface area (Å²) in [5.41, 5.74) is 1.41. The first-order valence-corrected chi connectivity index (χ1v) is 7.34. The molecule has 3 aromatic rings. The van der Waals surface area contributed by atoms with Crippen LogP contribution in [0.4, 0.5) is 5.69 Å². The molecule has 1 aromatic heterocycles. The number of fused-ring (bicyclic) bond motifs is 2. The molecule has 1 unspecified atom stereocenters. The van der Waals surface area contributed by atoms with Crippen molar-refractivity contribution in [2.45, 2.75) is 6.10 Å². The first-order valence-electron chi connectivity index (χ1n) is 7.34. The maximum Gasteiger partial charge on any atom is 0.269 e. The summed E-state index contributed by atoms with van der Waals surface area (Å²) in [7, 11) is 0. The van der Waals surface area contributed by atoms with Gasteiger partial charge in [-0.25, -0.2) is 0 Å². The van der Waals surface area contributed by atoms with Crippen molar-refractivity contribution in [2.24, 2.45) is 0 Å². The highest BCUT2D eigenvalue weighted by atomic mass is 16.6. The second-order valence-corrected chi connectivity index (χ2v) is 5.23. The van der Waals surface area contributed by atoms with E-state index in [0.717, 1.165) is 10.9 Å². The maximum atomic E-state index is 12.5. The lowest BCUT2D eigenvalue weighted by Gasteiger charge is -2.25. The molecule has 0 fully saturated rings. The van der Waals surface area contributed by atoms with Gasteiger partial charge in [0.25, 0.3) is 5.91 Å². The Labute approximate surface area is 132 Å². The van der Waals surface area contributed by atoms with Crippen molar-refractivity contribution in [1.29, 1.82) is 0 Å². The number of pyridine rings is 1. The monoisotopic (exact) mass is 306 g/mol. The van der Waals surface area contributed by atoms with Crippen LogP contribution in [0.5, 0.6) is 11.5 Å². The minimum absolute atomic E-state index is 0.182. The Morgan fingerprint density at radius 3 is 2.78 bits per heavy atom. The third-order valence-corrected chi connectivity index (χ3v) is 3.69. The number of nitrogens with one attached hydrogen (secondary N) is 1. The van der Waals surface area contributed by atoms with E-state index in [4.69, 9.17) is 9.47 Å². The average molecular weight is 306 g/mol. The Morgan fingerprint density at radius 1 is 1.04 bits per heavy atom. The molecule has 1 atom stereocenters. The summed E-state index contributed by atoms with van der Waals surface area (Å²) in [6.45, 7) is 0.182. The minimum atomic E-state index is -0.691. The predicted molar refractivity (Wildman–Crippen MR) is 86.7 cm³/mol. The predicted octanol–water partition coefficient (Wildman–Crippen LogP) is 3.01. The lowest BCUT2D eigenvalue weighted by atomic mass is 10.2. The Bertz CT molecular complexity index is 874. The van der Waals surface area contributed by atoms with Gasteiger partial charge in [-0.1, -0.05) is 30.3 Å². The number of nitrogens with zero attached hydrogens (tertiary/aromatic N) is 1. The second kappa shape index (κ2) is 5.61. The molecule has 23 heavy (non-hydrogen) atoms. The van der Waals surface area contributed by atoms with Gasteiger partial charge in [-0.15, -0.1) is 0 Å². The molecule has 114 valence electrons. The zero-order chi connectivity index (χ0) is 15.6. The van der Waals surface area contributed by atoms with E-state index in [2.05, 4.69) is 10.3 Å². The first kappa shape index (κ1) is 13.6. The van der Waals surface area contributed by atoms with E-state index in [-0.39, 0.29) is 12.5 Å². The summed E-state index contributed by atoms with van der Waals surface area (Å²) in [6, 6.07) is 16.8. The number of benzene rings is 2. The summed E-state index contributed by atoms with van der Waals surface area (Å²) in [5.74, 6) is 0.982. The van der Waals surface area contributed by atoms with Crippen LogP contribution in [0.1, 0.15) is 0 Å². The standard InChI is InChI=1S/C18H14N2O3/c21-18(16-11-22-14-8-1-2-9-15(14)23-16)20-13-7-3-5-12-6-4-10-19-17(12)13/h1-10,16H,11H2,(H,20,21). The number of para-hydroxylation sites is 3. The summed E-state index contributed by atoms with van der Waals surface area (Å²) >= 11 is 0. The van der Waals surface area contributed by atoms with Crippen molar-refractivity contribution in [1.82, 2.24) is 4.98 Å². The number of hydrogen-bond donors (Lipinski definition) is 1. The van der Waals surface area contributed by atoms with Crippen molar-refractivity contribution >= 4 is 22.5 Å². The Hall–Kier alpha value is -3.08. The molecule has 0 spiro atoms. The van der Waals surface area contributed by atoms with E-state index < -0.39 is 6.10 Å². The third kappa shape index (κ3) is 2.57. The van der Waals surface area contributed by atoms with Crippen LogP contribution in [0.2, 0.25) is 0 Å². The number of amides is 1. The Morgan fingerprint density at radius 2 is 1.87 bits per heavy atom. The number of hydrogen-bond acceptors (Lipinski definition) is 4. The number of aromatic nitrogens is 1. The second-order valence-electron chi connectivity index (χ2n) is 5.23. The van der Waals surface area contributed by atoms with Crippen LogP contribution >= 0.6 is 0 Å². The topological polar surface area (TPSA) is 60.5 Å². The van der Waals surface area contributed by atoms with Gasteiger partial charge in [-0.3, -0.25) is 9.78 Å². The third-order valence-electron chi connectivity index (χ3n) is 3.69. The van der Waals surface area contributed by atoms with Gasteiger partial charge in [0, 0.05) is 11.6 Å². The summed E-state index contributed by atoms with van der Waals surface area (Å²) < 4.78 is 11.3. The number of rotatable bonds is 2. The van der Waals surface area contributed by atoms with Gasteiger partial charge in [0.15, 0.2) is 11.5 Å². The molecule has 0 radical (unpaired) electrons. The van der Waals surface area contributed by atoms with Gasteiger partial charge in [0.05, 0.1) is 11.2 Å². The molecule has 0 bridgehead atoms. The highest BCUT2D eigenvalue weighted by Crippen LogP contribution is 2.31. The molecule has 1 aliphatic rings. The molecule has 0 saturated carbocycles. The lowest BCUT2D eigenvalue weighted by Crippen LogP contribution is -2.40. The van der Waals surface area contributed by atoms with E-state index in [0.29, 0.717) is 17.2 Å². The van der Waals surface area contributed by atoms with Gasteiger partial charge >= 0.3 is 0 Å². The quantitative estimate of drug-likeness (QED) is 0.790. The lowest BCUT2D eigenvalue weighted by molar-refractivity contribution is -0.125. The fourth-order valence-electron chi connectivity index (χ4n) is 2.57. The van der Waals surface area contributed by atoms with Gasteiger partial charge in [0.1, 0.15) is 6.61 Å². The maximum absolute atomic E-state index is 12.5. The molecule has 2 heterocycles. The molecule has 0 aliphatic carbocycles. The van der Waals surface area contributed by atoms with E-state index in [1.54, 1.807) is 12.3 Å². The van der Waals surface area contributed by atoms with E-state index in [1.165, 1.54) is 0 Å². The molecular weight excluding hydrogens is 292 g/mol. The van der Waals surface area contributed by atoms with Gasteiger partial charge in [0.2, 0.25) is 6.10 Å². The van der Waals surface area contributed by atoms with Crippen molar-refractivity contribution < 1.29 is 14.3 Å². The highest BCUT2D eigenvalue weighted by Gasteiger charge is 2.27. The van der Waals surface area contributed by atoms with Crippen LogP contribution in [-0.4, -0.2) is 23.6 Å². The largest absolute Gasteiger partial charge is 0.485 e. The molecule has 1 amide bonds. The number of ether oxygens (including phenoxy) is 2. The van der Waals surface area contributed by atoms with Gasteiger partial charge in [-0.2, -0.15) is 0 Å². The molecule has 0 saturated heterocycles. The van der Waals surface area contributed by atoms with Crippen LogP contribution < -0.4 is 14.8 Å². The molecule has 1 aliphatic heterocycles. The zero-order valence-electron chi connectivity index (χ0n) is 12.2. The highest BCUT2D eigenvalue weighted by molar-refractivity contribution is 6.02. The Kier molecular flexibility index (Phi) is 3.31. The molecule has 4 rings (SSSR count). The smallest absolute Gasteiger partial charge is 0.269 e. The van der Waals surface area contributed by atoms with Gasteiger partial charge < -0.3 is 14.8 Å². The first-order chi connectivity index (χ1) is 11.3. The van der Waals surface area contributed by atoms with E-state index in [1.807, 2.05) is 48.5 Å². The van der Waals surface area contributed by atoms with Crippen molar-refractivity contribution in [3.8, 4) is 11.5 Å². The van der Waals surface area contributed by atoms with Crippen molar-refractivity contribution in [3.05, 3.63) is 60.8 Å². The van der Waals surface area contributed by atoms with Crippen LogP contribution in [0.15, 0.2) is 60.8 Å². The van der Waals surface area contributed by atoms with Crippen LogP contribution in [0.25, 0.3) is 10.9 Å². The fourth-order valence-corrected chi connectivity index (χ4v) is 2.57. The normalized spacial score (nSPS) is 16.1. The summed E-state index contributed by atoms with van der Waals surface area (Å²) in [4.78, 5) is 16.8. The van der Waals surface area contributed by atoms with Crippen molar-refractivity contribution in [3.63, 3.8) is 0 Å². The summed E-state index contributed by atoms with van der Waals surface area (Å²) in [6.07, 6.45) is 1.01. The molecule has 1 N–H and O–H groups in total. The Balaban J connectivity index is 1.56. The molecular formula is C18H14N2O3. The van der Waals surface area contributed by atoms with Crippen LogP contribution in [0.3, 0.4) is 0 Å². The number of carbonyl (C=O) groups is 1. The fraction of sp³-hybridized carbons (Fsp3) is 0.111. The number of carbonyl (C=O) groups excluding carboxylic acids is 1. The van der Waals surface area contributed by atoms with Gasteiger partial charge in [-0.05, 0) is 24.3 Å². The van der Waals surface area contributed by atoms with E-state index in [9.17, 15) is 4.79 Å². The number of anilines is 1. The average Bonchev–Trinajstić information content (AvgIpc) is 2.61. The summed E-state index contributed by atoms with van der Waals surface area (Å²) in [5, 5.41) is 3.85. The zero-order valence-corrected chi connectivity index (χ0v) is 12.2. The molecule has 5 nitrogen and oxygen atoms in total.